The monoisotopic (exact) mass is 402 g/mol. The quantitative estimate of drug-likeness (QED) is 0.786. The summed E-state index contributed by atoms with van der Waals surface area (Å²) in [5.74, 6) is 2.97. The minimum atomic E-state index is 0.884. The zero-order valence-corrected chi connectivity index (χ0v) is 15.9. The lowest BCUT2D eigenvalue weighted by Crippen LogP contribution is -2.47. The van der Waals surface area contributed by atoms with Crippen LogP contribution in [0, 0.1) is 0 Å². The van der Waals surface area contributed by atoms with Crippen molar-refractivity contribution in [2.45, 2.75) is 19.3 Å². The molecule has 0 unspecified atom stereocenters. The lowest BCUT2D eigenvalue weighted by molar-refractivity contribution is 0.567. The van der Waals surface area contributed by atoms with Crippen LogP contribution in [-0.2, 0) is 0 Å². The predicted molar refractivity (Wildman–Crippen MR) is 104 cm³/mol. The maximum Gasteiger partial charge on any atom is 0.227 e. The molecule has 2 aliphatic rings. The molecule has 7 heteroatoms. The summed E-state index contributed by atoms with van der Waals surface area (Å²) in [6.45, 7) is 5.97. The molecule has 2 fully saturated rings. The first kappa shape index (κ1) is 16.6. The number of halogens is 1. The largest absolute Gasteiger partial charge is 0.353 e. The lowest BCUT2D eigenvalue weighted by Gasteiger charge is -2.36. The molecular weight excluding hydrogens is 380 g/mol. The normalized spacial score (nSPS) is 18.5. The number of piperazine rings is 1. The van der Waals surface area contributed by atoms with Gasteiger partial charge in [0.1, 0.15) is 11.6 Å². The second-order valence-corrected chi connectivity index (χ2v) is 7.49. The van der Waals surface area contributed by atoms with Crippen LogP contribution in [0.1, 0.15) is 19.3 Å². The van der Waals surface area contributed by atoms with Gasteiger partial charge in [-0.25, -0.2) is 9.97 Å². The Balaban J connectivity index is 1.41. The Labute approximate surface area is 157 Å². The molecule has 0 N–H and O–H groups in total. The Morgan fingerprint density at radius 1 is 0.720 bits per heavy atom. The highest BCUT2D eigenvalue weighted by Gasteiger charge is 2.20. The number of piperidine rings is 1. The van der Waals surface area contributed by atoms with E-state index in [4.69, 9.17) is 4.98 Å². The molecule has 0 amide bonds. The summed E-state index contributed by atoms with van der Waals surface area (Å²) in [6.07, 6.45) is 7.56. The SMILES string of the molecule is Brc1ccc(N2CCN(c3ccnc(N4CCCCC4)n3)CC2)nc1. The molecule has 0 saturated carbocycles. The van der Waals surface area contributed by atoms with Gasteiger partial charge in [-0.05, 0) is 53.4 Å². The maximum atomic E-state index is 4.83. The summed E-state index contributed by atoms with van der Waals surface area (Å²) in [5.41, 5.74) is 0. The number of pyridine rings is 1. The van der Waals surface area contributed by atoms with E-state index in [-0.39, 0.29) is 0 Å². The first-order valence-electron chi connectivity index (χ1n) is 8.99. The Kier molecular flexibility index (Phi) is 5.01. The highest BCUT2D eigenvalue weighted by atomic mass is 79.9. The number of hydrogen-bond donors (Lipinski definition) is 0. The van der Waals surface area contributed by atoms with Crippen LogP contribution in [0.5, 0.6) is 0 Å². The van der Waals surface area contributed by atoms with Crippen LogP contribution in [-0.4, -0.2) is 54.2 Å². The van der Waals surface area contributed by atoms with Crippen molar-refractivity contribution >= 4 is 33.5 Å². The summed E-state index contributed by atoms with van der Waals surface area (Å²) in [7, 11) is 0. The van der Waals surface area contributed by atoms with Gasteiger partial charge in [0.15, 0.2) is 0 Å². The van der Waals surface area contributed by atoms with Crippen molar-refractivity contribution < 1.29 is 0 Å². The van der Waals surface area contributed by atoms with E-state index in [0.29, 0.717) is 0 Å². The van der Waals surface area contributed by atoms with Gasteiger partial charge in [-0.1, -0.05) is 0 Å². The molecule has 2 saturated heterocycles. The van der Waals surface area contributed by atoms with Crippen LogP contribution < -0.4 is 14.7 Å². The molecule has 2 aromatic heterocycles. The standard InChI is InChI=1S/C18H23BrN6/c19-15-4-5-16(21-14-15)23-10-12-24(13-11-23)17-6-7-20-18(22-17)25-8-2-1-3-9-25/h4-7,14H,1-3,8-13H2. The van der Waals surface area contributed by atoms with E-state index in [1.54, 1.807) is 0 Å². The van der Waals surface area contributed by atoms with Crippen molar-refractivity contribution in [1.29, 1.82) is 0 Å². The van der Waals surface area contributed by atoms with E-state index in [1.807, 2.05) is 24.5 Å². The zero-order valence-electron chi connectivity index (χ0n) is 14.3. The molecule has 2 aliphatic heterocycles. The average molecular weight is 403 g/mol. The van der Waals surface area contributed by atoms with Crippen LogP contribution in [0.3, 0.4) is 0 Å². The molecule has 0 aromatic carbocycles. The summed E-state index contributed by atoms with van der Waals surface area (Å²) < 4.78 is 1.01. The Morgan fingerprint density at radius 2 is 1.44 bits per heavy atom. The summed E-state index contributed by atoms with van der Waals surface area (Å²) in [4.78, 5) is 20.8. The van der Waals surface area contributed by atoms with Crippen molar-refractivity contribution in [2.75, 3.05) is 54.0 Å². The van der Waals surface area contributed by atoms with Gasteiger partial charge in [-0.2, -0.15) is 4.98 Å². The Morgan fingerprint density at radius 3 is 2.12 bits per heavy atom. The smallest absolute Gasteiger partial charge is 0.227 e. The first-order valence-corrected chi connectivity index (χ1v) is 9.78. The highest BCUT2D eigenvalue weighted by Crippen LogP contribution is 2.21. The van der Waals surface area contributed by atoms with Crippen LogP contribution in [0.4, 0.5) is 17.6 Å². The number of hydrogen-bond acceptors (Lipinski definition) is 6. The van der Waals surface area contributed by atoms with Crippen molar-refractivity contribution in [3.8, 4) is 0 Å². The van der Waals surface area contributed by atoms with Crippen molar-refractivity contribution in [3.05, 3.63) is 35.1 Å². The highest BCUT2D eigenvalue weighted by molar-refractivity contribution is 9.10. The fraction of sp³-hybridized carbons (Fsp3) is 0.500. The van der Waals surface area contributed by atoms with E-state index in [2.05, 4.69) is 46.7 Å². The molecule has 0 aliphatic carbocycles. The van der Waals surface area contributed by atoms with Gasteiger partial charge < -0.3 is 14.7 Å². The third-order valence-electron chi connectivity index (χ3n) is 4.91. The Hall–Kier alpha value is -1.89. The molecule has 4 rings (SSSR count). The maximum absolute atomic E-state index is 4.83. The van der Waals surface area contributed by atoms with E-state index in [1.165, 1.54) is 19.3 Å². The molecule has 0 bridgehead atoms. The van der Waals surface area contributed by atoms with Crippen LogP contribution in [0.25, 0.3) is 0 Å². The third kappa shape index (κ3) is 3.86. The molecule has 4 heterocycles. The predicted octanol–water partition coefficient (Wildman–Crippen LogP) is 2.95. The van der Waals surface area contributed by atoms with Gasteiger partial charge in [0.25, 0.3) is 0 Å². The minimum absolute atomic E-state index is 0.884. The van der Waals surface area contributed by atoms with E-state index >= 15 is 0 Å². The van der Waals surface area contributed by atoms with Gasteiger partial charge >= 0.3 is 0 Å². The third-order valence-corrected chi connectivity index (χ3v) is 5.38. The number of anilines is 3. The molecule has 25 heavy (non-hydrogen) atoms. The Bertz CT molecular complexity index is 693. The average Bonchev–Trinajstić information content (AvgIpc) is 2.70. The molecule has 2 aromatic rings. The first-order chi connectivity index (χ1) is 12.3. The van der Waals surface area contributed by atoms with E-state index in [0.717, 1.165) is 61.3 Å². The second kappa shape index (κ2) is 7.56. The van der Waals surface area contributed by atoms with Crippen LogP contribution >= 0.6 is 15.9 Å². The van der Waals surface area contributed by atoms with Gasteiger partial charge in [0.05, 0.1) is 0 Å². The fourth-order valence-electron chi connectivity index (χ4n) is 3.48. The topological polar surface area (TPSA) is 48.4 Å². The van der Waals surface area contributed by atoms with Crippen molar-refractivity contribution in [2.24, 2.45) is 0 Å². The van der Waals surface area contributed by atoms with Crippen LogP contribution in [0.2, 0.25) is 0 Å². The molecule has 0 spiro atoms. The lowest BCUT2D eigenvalue weighted by atomic mass is 10.1. The summed E-state index contributed by atoms with van der Waals surface area (Å²) >= 11 is 3.44. The van der Waals surface area contributed by atoms with Gasteiger partial charge in [-0.15, -0.1) is 0 Å². The molecule has 132 valence electrons. The second-order valence-electron chi connectivity index (χ2n) is 6.57. The molecule has 6 nitrogen and oxygen atoms in total. The van der Waals surface area contributed by atoms with E-state index in [9.17, 15) is 0 Å². The fourth-order valence-corrected chi connectivity index (χ4v) is 3.72. The molecule has 0 atom stereocenters. The molecular formula is C18H23BrN6. The van der Waals surface area contributed by atoms with Gasteiger partial charge in [0, 0.05) is 56.1 Å². The molecule has 0 radical (unpaired) electrons. The summed E-state index contributed by atoms with van der Waals surface area (Å²) in [5, 5.41) is 0. The van der Waals surface area contributed by atoms with Gasteiger partial charge in [0.2, 0.25) is 5.95 Å². The number of nitrogens with zero attached hydrogens (tertiary/aromatic N) is 6. The number of rotatable bonds is 3. The zero-order chi connectivity index (χ0) is 17.1. The van der Waals surface area contributed by atoms with E-state index < -0.39 is 0 Å². The van der Waals surface area contributed by atoms with Crippen molar-refractivity contribution in [3.63, 3.8) is 0 Å². The van der Waals surface area contributed by atoms with Crippen molar-refractivity contribution in [1.82, 2.24) is 15.0 Å². The number of aromatic nitrogens is 3. The van der Waals surface area contributed by atoms with Crippen LogP contribution in [0.15, 0.2) is 35.1 Å². The minimum Gasteiger partial charge on any atom is -0.353 e. The van der Waals surface area contributed by atoms with Gasteiger partial charge in [-0.3, -0.25) is 0 Å². The summed E-state index contributed by atoms with van der Waals surface area (Å²) in [6, 6.07) is 6.14.